The molecule has 4 nitrogen and oxygen atoms in total. The van der Waals surface area contributed by atoms with E-state index in [-0.39, 0.29) is 6.04 Å². The summed E-state index contributed by atoms with van der Waals surface area (Å²) in [5.41, 5.74) is 2.03. The van der Waals surface area contributed by atoms with Crippen molar-refractivity contribution in [3.8, 4) is 6.07 Å². The topological polar surface area (TPSA) is 44.9 Å². The van der Waals surface area contributed by atoms with E-state index < -0.39 is 0 Å². The lowest BCUT2D eigenvalue weighted by atomic mass is 10.1. The van der Waals surface area contributed by atoms with E-state index in [0.717, 1.165) is 24.3 Å². The Balaban J connectivity index is 2.26. The molecule has 1 aromatic rings. The van der Waals surface area contributed by atoms with Gasteiger partial charge in [-0.2, -0.15) is 10.4 Å². The van der Waals surface area contributed by atoms with Crippen molar-refractivity contribution >= 4 is 0 Å². The van der Waals surface area contributed by atoms with E-state index in [4.69, 9.17) is 0 Å². The van der Waals surface area contributed by atoms with Crippen LogP contribution in [0.2, 0.25) is 0 Å². The van der Waals surface area contributed by atoms with Gasteiger partial charge in [0.05, 0.1) is 11.8 Å². The van der Waals surface area contributed by atoms with E-state index in [2.05, 4.69) is 16.1 Å². The van der Waals surface area contributed by atoms with Crippen LogP contribution in [-0.4, -0.2) is 27.8 Å². The van der Waals surface area contributed by atoms with Crippen LogP contribution in [0.25, 0.3) is 0 Å². The minimum Gasteiger partial charge on any atom is -0.284 e. The minimum atomic E-state index is -0.110. The Hall–Kier alpha value is -1.34. The Morgan fingerprint density at radius 3 is 2.60 bits per heavy atom. The van der Waals surface area contributed by atoms with Crippen molar-refractivity contribution in [3.63, 3.8) is 0 Å². The molecule has 15 heavy (non-hydrogen) atoms. The molecule has 2 rings (SSSR count). The molecule has 1 aliphatic heterocycles. The number of nitrogens with zero attached hydrogens (tertiary/aromatic N) is 4. The lowest BCUT2D eigenvalue weighted by molar-refractivity contribution is 0.293. The Labute approximate surface area is 90.1 Å². The maximum Gasteiger partial charge on any atom is 0.127 e. The molecule has 1 atom stereocenters. The van der Waals surface area contributed by atoms with Gasteiger partial charge in [0.2, 0.25) is 0 Å². The molecule has 4 heteroatoms. The van der Waals surface area contributed by atoms with Crippen molar-refractivity contribution in [2.24, 2.45) is 7.05 Å². The first kappa shape index (κ1) is 10.2. The van der Waals surface area contributed by atoms with E-state index in [0.29, 0.717) is 0 Å². The Morgan fingerprint density at radius 2 is 2.13 bits per heavy atom. The lowest BCUT2D eigenvalue weighted by Gasteiger charge is -2.20. The zero-order valence-electron chi connectivity index (χ0n) is 9.27. The Morgan fingerprint density at radius 1 is 1.47 bits per heavy atom. The van der Waals surface area contributed by atoms with E-state index >= 15 is 0 Å². The molecule has 0 saturated carbocycles. The second kappa shape index (κ2) is 4.03. The third kappa shape index (κ3) is 1.88. The molecule has 0 spiro atoms. The molecular weight excluding hydrogens is 188 g/mol. The third-order valence-corrected chi connectivity index (χ3v) is 2.97. The molecule has 1 saturated heterocycles. The average molecular weight is 204 g/mol. The molecule has 80 valence electrons. The van der Waals surface area contributed by atoms with Gasteiger partial charge in [0.15, 0.2) is 0 Å². The summed E-state index contributed by atoms with van der Waals surface area (Å²) in [6.45, 7) is 4.04. The number of hydrogen-bond donors (Lipinski definition) is 0. The fraction of sp³-hybridized carbons (Fsp3) is 0.636. The first-order chi connectivity index (χ1) is 7.22. The molecule has 1 fully saturated rings. The van der Waals surface area contributed by atoms with Crippen LogP contribution < -0.4 is 0 Å². The van der Waals surface area contributed by atoms with Crippen LogP contribution in [0.5, 0.6) is 0 Å². The zero-order valence-corrected chi connectivity index (χ0v) is 9.27. The molecule has 0 aromatic carbocycles. The van der Waals surface area contributed by atoms with Crippen molar-refractivity contribution in [2.75, 3.05) is 13.1 Å². The first-order valence-electron chi connectivity index (χ1n) is 5.36. The summed E-state index contributed by atoms with van der Waals surface area (Å²) in [7, 11) is 1.90. The number of aryl methyl sites for hydroxylation is 2. The van der Waals surface area contributed by atoms with Gasteiger partial charge in [-0.15, -0.1) is 0 Å². The maximum atomic E-state index is 9.24. The molecular formula is C11H16N4. The fourth-order valence-electron chi connectivity index (χ4n) is 2.23. The lowest BCUT2D eigenvalue weighted by Crippen LogP contribution is -2.24. The van der Waals surface area contributed by atoms with Gasteiger partial charge in [-0.05, 0) is 32.9 Å². The highest BCUT2D eigenvalue weighted by molar-refractivity contribution is 5.25. The second-order valence-electron chi connectivity index (χ2n) is 4.12. The van der Waals surface area contributed by atoms with Crippen molar-refractivity contribution in [1.29, 1.82) is 5.26 Å². The average Bonchev–Trinajstić information content (AvgIpc) is 2.79. The van der Waals surface area contributed by atoms with Crippen LogP contribution in [0.1, 0.15) is 30.1 Å². The quantitative estimate of drug-likeness (QED) is 0.731. The van der Waals surface area contributed by atoms with Gasteiger partial charge in [0.1, 0.15) is 6.04 Å². The van der Waals surface area contributed by atoms with Crippen LogP contribution in [0.4, 0.5) is 0 Å². The van der Waals surface area contributed by atoms with Gasteiger partial charge >= 0.3 is 0 Å². The number of aromatic nitrogens is 2. The Kier molecular flexibility index (Phi) is 2.74. The van der Waals surface area contributed by atoms with Gasteiger partial charge in [-0.3, -0.25) is 9.58 Å². The van der Waals surface area contributed by atoms with Crippen LogP contribution in [0.15, 0.2) is 6.20 Å². The predicted octanol–water partition coefficient (Wildman–Crippen LogP) is 1.39. The number of rotatable bonds is 2. The number of hydrogen-bond acceptors (Lipinski definition) is 3. The summed E-state index contributed by atoms with van der Waals surface area (Å²) in [4.78, 5) is 2.24. The molecule has 2 heterocycles. The standard InChI is InChI=1S/C11H16N4/c1-9-10(8-14(2)13-9)11(7-12)15-5-3-4-6-15/h8,11H,3-6H2,1-2H3. The second-order valence-corrected chi connectivity index (χ2v) is 4.12. The van der Waals surface area contributed by atoms with E-state index in [1.165, 1.54) is 12.8 Å². The molecule has 0 N–H and O–H groups in total. The summed E-state index contributed by atoms with van der Waals surface area (Å²) in [6.07, 6.45) is 4.37. The zero-order chi connectivity index (χ0) is 10.8. The molecule has 0 aliphatic carbocycles. The van der Waals surface area contributed by atoms with Crippen LogP contribution in [0, 0.1) is 18.3 Å². The third-order valence-electron chi connectivity index (χ3n) is 2.97. The number of nitriles is 1. The number of likely N-dealkylation sites (tertiary alicyclic amines) is 1. The summed E-state index contributed by atoms with van der Waals surface area (Å²) in [5, 5.41) is 13.5. The minimum absolute atomic E-state index is 0.110. The Bertz CT molecular complexity index is 382. The summed E-state index contributed by atoms with van der Waals surface area (Å²) in [5.74, 6) is 0. The van der Waals surface area contributed by atoms with Crippen LogP contribution in [-0.2, 0) is 7.05 Å². The monoisotopic (exact) mass is 204 g/mol. The molecule has 1 aromatic heterocycles. The molecule has 1 unspecified atom stereocenters. The van der Waals surface area contributed by atoms with E-state index in [1.54, 1.807) is 4.68 Å². The van der Waals surface area contributed by atoms with Gasteiger partial charge < -0.3 is 0 Å². The van der Waals surface area contributed by atoms with Gasteiger partial charge in [0.25, 0.3) is 0 Å². The fourth-order valence-corrected chi connectivity index (χ4v) is 2.23. The maximum absolute atomic E-state index is 9.24. The smallest absolute Gasteiger partial charge is 0.127 e. The summed E-state index contributed by atoms with van der Waals surface area (Å²) >= 11 is 0. The predicted molar refractivity (Wildman–Crippen MR) is 57.1 cm³/mol. The molecule has 0 amide bonds. The van der Waals surface area contributed by atoms with Crippen LogP contribution in [0.3, 0.4) is 0 Å². The summed E-state index contributed by atoms with van der Waals surface area (Å²) in [6, 6.07) is 2.28. The van der Waals surface area contributed by atoms with Gasteiger partial charge in [-0.1, -0.05) is 0 Å². The van der Waals surface area contributed by atoms with Crippen molar-refractivity contribution in [3.05, 3.63) is 17.5 Å². The largest absolute Gasteiger partial charge is 0.284 e. The van der Waals surface area contributed by atoms with Crippen molar-refractivity contribution < 1.29 is 0 Å². The van der Waals surface area contributed by atoms with E-state index in [9.17, 15) is 5.26 Å². The molecule has 0 bridgehead atoms. The normalized spacial score (nSPS) is 19.0. The first-order valence-corrected chi connectivity index (χ1v) is 5.36. The van der Waals surface area contributed by atoms with Gasteiger partial charge in [0, 0.05) is 18.8 Å². The molecule has 1 aliphatic rings. The summed E-state index contributed by atoms with van der Waals surface area (Å²) < 4.78 is 1.78. The SMILES string of the molecule is Cc1nn(C)cc1C(C#N)N1CCCC1. The highest BCUT2D eigenvalue weighted by atomic mass is 15.3. The van der Waals surface area contributed by atoms with Crippen LogP contribution >= 0.6 is 0 Å². The van der Waals surface area contributed by atoms with E-state index in [1.807, 2.05) is 20.2 Å². The van der Waals surface area contributed by atoms with Crippen molar-refractivity contribution in [2.45, 2.75) is 25.8 Å². The van der Waals surface area contributed by atoms with Gasteiger partial charge in [-0.25, -0.2) is 0 Å². The highest BCUT2D eigenvalue weighted by Gasteiger charge is 2.25. The molecule has 0 radical (unpaired) electrons. The van der Waals surface area contributed by atoms with Crippen molar-refractivity contribution in [1.82, 2.24) is 14.7 Å². The highest BCUT2D eigenvalue weighted by Crippen LogP contribution is 2.25.